The summed E-state index contributed by atoms with van der Waals surface area (Å²) in [4.78, 5) is 30.7. The molecule has 2 aliphatic heterocycles. The van der Waals surface area contributed by atoms with Crippen LogP contribution in [0.4, 0.5) is 0 Å². The molecule has 1 aromatic carbocycles. The Morgan fingerprint density at radius 2 is 1.67 bits per heavy atom. The highest BCUT2D eigenvalue weighted by molar-refractivity contribution is 7.99. The molecule has 27 heavy (non-hydrogen) atoms. The number of benzene rings is 1. The summed E-state index contributed by atoms with van der Waals surface area (Å²) in [6.07, 6.45) is 0. The number of piperazine rings is 1. The first-order valence-electron chi connectivity index (χ1n) is 9.29. The van der Waals surface area contributed by atoms with Crippen LogP contribution in [0.5, 0.6) is 0 Å². The van der Waals surface area contributed by atoms with Gasteiger partial charge in [0.2, 0.25) is 11.8 Å². The number of halogens is 1. The smallest absolute Gasteiger partial charge is 0.236 e. The summed E-state index contributed by atoms with van der Waals surface area (Å²) in [6, 6.07) is 7.72. The zero-order valence-corrected chi connectivity index (χ0v) is 17.0. The van der Waals surface area contributed by atoms with E-state index in [1.165, 1.54) is 0 Å². The van der Waals surface area contributed by atoms with Crippen molar-refractivity contribution < 1.29 is 14.3 Å². The standard InChI is InChI=1S/C19H26ClN3O3S/c20-17-3-1-2-16(12-17)14-27-15-19(25)23-6-4-22(5-7-23)18(24)13-21-8-10-26-11-9-21/h1-3,12H,4-11,13-15H2. The molecule has 0 N–H and O–H groups in total. The van der Waals surface area contributed by atoms with E-state index in [-0.39, 0.29) is 11.8 Å². The van der Waals surface area contributed by atoms with Gasteiger partial charge in [-0.3, -0.25) is 14.5 Å². The van der Waals surface area contributed by atoms with Gasteiger partial charge >= 0.3 is 0 Å². The van der Waals surface area contributed by atoms with Gasteiger partial charge in [-0.05, 0) is 17.7 Å². The molecule has 0 radical (unpaired) electrons. The molecule has 2 aliphatic rings. The molecule has 0 atom stereocenters. The Bertz CT molecular complexity index is 647. The molecule has 2 saturated heterocycles. The average Bonchev–Trinajstić information content (AvgIpc) is 2.69. The second kappa shape index (κ2) is 10.3. The van der Waals surface area contributed by atoms with Gasteiger partial charge in [0, 0.05) is 50.0 Å². The predicted molar refractivity (Wildman–Crippen MR) is 108 cm³/mol. The van der Waals surface area contributed by atoms with E-state index in [9.17, 15) is 9.59 Å². The summed E-state index contributed by atoms with van der Waals surface area (Å²) in [7, 11) is 0. The van der Waals surface area contributed by atoms with Crippen molar-refractivity contribution in [2.75, 3.05) is 64.8 Å². The third-order valence-electron chi connectivity index (χ3n) is 4.83. The maximum Gasteiger partial charge on any atom is 0.236 e. The molecule has 0 bridgehead atoms. The van der Waals surface area contributed by atoms with E-state index in [0.29, 0.717) is 51.7 Å². The number of hydrogen-bond acceptors (Lipinski definition) is 5. The fraction of sp³-hybridized carbons (Fsp3) is 0.579. The Balaban J connectivity index is 1.35. The predicted octanol–water partition coefficient (Wildman–Crippen LogP) is 1.58. The van der Waals surface area contributed by atoms with Crippen molar-refractivity contribution in [2.45, 2.75) is 5.75 Å². The third kappa shape index (κ3) is 6.38. The lowest BCUT2D eigenvalue weighted by Gasteiger charge is -2.36. The molecule has 0 unspecified atom stereocenters. The van der Waals surface area contributed by atoms with Crippen LogP contribution in [0.3, 0.4) is 0 Å². The highest BCUT2D eigenvalue weighted by atomic mass is 35.5. The highest BCUT2D eigenvalue weighted by Crippen LogP contribution is 2.17. The molecule has 1 aromatic rings. The van der Waals surface area contributed by atoms with Crippen LogP contribution < -0.4 is 0 Å². The number of carbonyl (C=O) groups is 2. The number of morpholine rings is 1. The molecule has 3 rings (SSSR count). The molecular weight excluding hydrogens is 386 g/mol. The second-order valence-corrected chi connectivity index (χ2v) is 8.19. The van der Waals surface area contributed by atoms with Gasteiger partial charge in [0.1, 0.15) is 0 Å². The number of carbonyl (C=O) groups excluding carboxylic acids is 2. The first-order chi connectivity index (χ1) is 13.1. The summed E-state index contributed by atoms with van der Waals surface area (Å²) < 4.78 is 5.31. The van der Waals surface area contributed by atoms with E-state index in [1.807, 2.05) is 34.1 Å². The zero-order valence-electron chi connectivity index (χ0n) is 15.4. The normalized spacial score (nSPS) is 18.6. The minimum atomic E-state index is 0.141. The molecular formula is C19H26ClN3O3S. The fourth-order valence-electron chi connectivity index (χ4n) is 3.23. The summed E-state index contributed by atoms with van der Waals surface area (Å²) in [5, 5.41) is 0.720. The second-order valence-electron chi connectivity index (χ2n) is 6.77. The Hall–Kier alpha value is -1.28. The lowest BCUT2D eigenvalue weighted by Crippen LogP contribution is -2.53. The minimum Gasteiger partial charge on any atom is -0.379 e. The summed E-state index contributed by atoms with van der Waals surface area (Å²) in [5.41, 5.74) is 1.12. The van der Waals surface area contributed by atoms with E-state index in [0.717, 1.165) is 29.4 Å². The Kier molecular flexibility index (Phi) is 7.81. The van der Waals surface area contributed by atoms with E-state index in [4.69, 9.17) is 16.3 Å². The topological polar surface area (TPSA) is 53.1 Å². The molecule has 2 heterocycles. The van der Waals surface area contributed by atoms with Crippen LogP contribution in [-0.4, -0.2) is 91.3 Å². The number of rotatable bonds is 6. The molecule has 0 aromatic heterocycles. The van der Waals surface area contributed by atoms with Crippen molar-refractivity contribution in [3.63, 3.8) is 0 Å². The van der Waals surface area contributed by atoms with Crippen molar-refractivity contribution >= 4 is 35.2 Å². The van der Waals surface area contributed by atoms with Crippen LogP contribution in [0.2, 0.25) is 5.02 Å². The number of hydrogen-bond donors (Lipinski definition) is 0. The van der Waals surface area contributed by atoms with Gasteiger partial charge in [-0.2, -0.15) is 0 Å². The first-order valence-corrected chi connectivity index (χ1v) is 10.8. The van der Waals surface area contributed by atoms with Gasteiger partial charge < -0.3 is 14.5 Å². The summed E-state index contributed by atoms with van der Waals surface area (Å²) in [5.74, 6) is 1.51. The molecule has 0 aliphatic carbocycles. The maximum atomic E-state index is 12.4. The Labute approximate surface area is 169 Å². The van der Waals surface area contributed by atoms with E-state index in [1.54, 1.807) is 11.8 Å². The first kappa shape index (κ1) is 20.5. The van der Waals surface area contributed by atoms with E-state index in [2.05, 4.69) is 4.90 Å². The molecule has 2 fully saturated rings. The van der Waals surface area contributed by atoms with Crippen molar-refractivity contribution in [1.82, 2.24) is 14.7 Å². The van der Waals surface area contributed by atoms with Crippen molar-refractivity contribution in [3.05, 3.63) is 34.9 Å². The average molecular weight is 412 g/mol. The Morgan fingerprint density at radius 1 is 1.00 bits per heavy atom. The van der Waals surface area contributed by atoms with E-state index < -0.39 is 0 Å². The molecule has 0 spiro atoms. The minimum absolute atomic E-state index is 0.141. The quantitative estimate of drug-likeness (QED) is 0.711. The van der Waals surface area contributed by atoms with Crippen LogP contribution in [-0.2, 0) is 20.1 Å². The summed E-state index contributed by atoms with van der Waals surface area (Å²) in [6.45, 7) is 5.94. The monoisotopic (exact) mass is 411 g/mol. The lowest BCUT2D eigenvalue weighted by molar-refractivity contribution is -0.139. The van der Waals surface area contributed by atoms with Crippen LogP contribution in [0.25, 0.3) is 0 Å². The molecule has 2 amide bonds. The summed E-state index contributed by atoms with van der Waals surface area (Å²) >= 11 is 7.58. The largest absolute Gasteiger partial charge is 0.379 e. The molecule has 8 heteroatoms. The van der Waals surface area contributed by atoms with Crippen LogP contribution in [0.15, 0.2) is 24.3 Å². The van der Waals surface area contributed by atoms with Gasteiger partial charge in [-0.15, -0.1) is 11.8 Å². The van der Waals surface area contributed by atoms with Gasteiger partial charge in [-0.25, -0.2) is 0 Å². The van der Waals surface area contributed by atoms with Gasteiger partial charge in [0.15, 0.2) is 0 Å². The van der Waals surface area contributed by atoms with Crippen LogP contribution in [0.1, 0.15) is 5.56 Å². The van der Waals surface area contributed by atoms with Gasteiger partial charge in [-0.1, -0.05) is 23.7 Å². The van der Waals surface area contributed by atoms with Crippen molar-refractivity contribution in [3.8, 4) is 0 Å². The molecule has 148 valence electrons. The molecule has 6 nitrogen and oxygen atoms in total. The Morgan fingerprint density at radius 3 is 2.33 bits per heavy atom. The maximum absolute atomic E-state index is 12.4. The van der Waals surface area contributed by atoms with Crippen LogP contribution >= 0.6 is 23.4 Å². The SMILES string of the molecule is O=C(CSCc1cccc(Cl)c1)N1CCN(C(=O)CN2CCOCC2)CC1. The number of thioether (sulfide) groups is 1. The zero-order chi connectivity index (χ0) is 19.1. The fourth-order valence-corrected chi connectivity index (χ4v) is 4.32. The number of ether oxygens (including phenoxy) is 1. The molecule has 0 saturated carbocycles. The van der Waals surface area contributed by atoms with Crippen LogP contribution in [0, 0.1) is 0 Å². The van der Waals surface area contributed by atoms with Gasteiger partial charge in [0.05, 0.1) is 25.5 Å². The highest BCUT2D eigenvalue weighted by Gasteiger charge is 2.25. The van der Waals surface area contributed by atoms with Crippen molar-refractivity contribution in [1.29, 1.82) is 0 Å². The lowest BCUT2D eigenvalue weighted by atomic mass is 10.2. The van der Waals surface area contributed by atoms with Crippen molar-refractivity contribution in [2.24, 2.45) is 0 Å². The number of nitrogens with zero attached hydrogens (tertiary/aromatic N) is 3. The van der Waals surface area contributed by atoms with E-state index >= 15 is 0 Å². The van der Waals surface area contributed by atoms with Gasteiger partial charge in [0.25, 0.3) is 0 Å². The third-order valence-corrected chi connectivity index (χ3v) is 6.05. The number of amides is 2.